The fourth-order valence-electron chi connectivity index (χ4n) is 2.97. The second-order valence-electron chi connectivity index (χ2n) is 5.47. The van der Waals surface area contributed by atoms with E-state index in [-0.39, 0.29) is 24.0 Å². The van der Waals surface area contributed by atoms with Crippen LogP contribution < -0.4 is 5.73 Å². The zero-order chi connectivity index (χ0) is 14.0. The van der Waals surface area contributed by atoms with Crippen LogP contribution in [0, 0.1) is 0 Å². The standard InChI is InChI=1S/C14H24N4O/c1-4-17-12(8-9-16-17)14-11(15)6-5-7-13(19)18(14)10(2)3/h8-11,14H,4-7,15H2,1-3H3. The van der Waals surface area contributed by atoms with Crippen molar-refractivity contribution in [3.63, 3.8) is 0 Å². The summed E-state index contributed by atoms with van der Waals surface area (Å²) < 4.78 is 1.94. The normalized spacial score (nSPS) is 24.9. The van der Waals surface area contributed by atoms with E-state index in [1.807, 2.05) is 15.6 Å². The molecule has 2 N–H and O–H groups in total. The van der Waals surface area contributed by atoms with E-state index in [1.165, 1.54) is 0 Å². The number of hydrogen-bond donors (Lipinski definition) is 1. The Morgan fingerprint density at radius 3 is 2.89 bits per heavy atom. The van der Waals surface area contributed by atoms with Gasteiger partial charge in [0.1, 0.15) is 0 Å². The molecule has 0 aliphatic carbocycles. The first-order valence-corrected chi connectivity index (χ1v) is 7.14. The second-order valence-corrected chi connectivity index (χ2v) is 5.47. The quantitative estimate of drug-likeness (QED) is 0.903. The number of nitrogens with zero attached hydrogens (tertiary/aromatic N) is 3. The molecule has 1 aromatic rings. The highest BCUT2D eigenvalue weighted by Gasteiger charge is 2.35. The van der Waals surface area contributed by atoms with Crippen LogP contribution in [0.3, 0.4) is 0 Å². The van der Waals surface area contributed by atoms with Gasteiger partial charge in [0.25, 0.3) is 0 Å². The summed E-state index contributed by atoms with van der Waals surface area (Å²) in [7, 11) is 0. The molecule has 2 heterocycles. The highest BCUT2D eigenvalue weighted by Crippen LogP contribution is 2.31. The molecule has 1 amide bonds. The Kier molecular flexibility index (Phi) is 4.24. The molecule has 1 aliphatic rings. The van der Waals surface area contributed by atoms with Crippen LogP contribution in [-0.2, 0) is 11.3 Å². The van der Waals surface area contributed by atoms with Gasteiger partial charge in [-0.2, -0.15) is 5.10 Å². The largest absolute Gasteiger partial charge is 0.330 e. The minimum absolute atomic E-state index is 0.0177. The van der Waals surface area contributed by atoms with Gasteiger partial charge in [-0.05, 0) is 39.7 Å². The van der Waals surface area contributed by atoms with Crippen molar-refractivity contribution in [3.8, 4) is 0 Å². The summed E-state index contributed by atoms with van der Waals surface area (Å²) in [6, 6.07) is 2.07. The Morgan fingerprint density at radius 1 is 1.53 bits per heavy atom. The summed E-state index contributed by atoms with van der Waals surface area (Å²) in [6.07, 6.45) is 4.15. The first-order valence-electron chi connectivity index (χ1n) is 7.14. The minimum Gasteiger partial charge on any atom is -0.330 e. The number of nitrogens with two attached hydrogens (primary N) is 1. The van der Waals surface area contributed by atoms with Crippen molar-refractivity contribution in [2.45, 2.75) is 64.7 Å². The fraction of sp³-hybridized carbons (Fsp3) is 0.714. The Morgan fingerprint density at radius 2 is 2.26 bits per heavy atom. The lowest BCUT2D eigenvalue weighted by Gasteiger charge is -2.36. The SMILES string of the molecule is CCn1nccc1C1C(N)CCCC(=O)N1C(C)C. The molecule has 0 radical (unpaired) electrons. The summed E-state index contributed by atoms with van der Waals surface area (Å²) in [5, 5.41) is 4.32. The molecule has 0 saturated carbocycles. The molecule has 5 nitrogen and oxygen atoms in total. The zero-order valence-corrected chi connectivity index (χ0v) is 12.0. The smallest absolute Gasteiger partial charge is 0.223 e. The molecule has 1 aromatic heterocycles. The zero-order valence-electron chi connectivity index (χ0n) is 12.0. The van der Waals surface area contributed by atoms with E-state index in [0.717, 1.165) is 25.1 Å². The average molecular weight is 264 g/mol. The maximum absolute atomic E-state index is 12.3. The maximum Gasteiger partial charge on any atom is 0.223 e. The topological polar surface area (TPSA) is 64.2 Å². The fourth-order valence-corrected chi connectivity index (χ4v) is 2.97. The van der Waals surface area contributed by atoms with Crippen LogP contribution in [0.1, 0.15) is 51.8 Å². The van der Waals surface area contributed by atoms with Gasteiger partial charge in [-0.3, -0.25) is 9.48 Å². The molecule has 1 fully saturated rings. The van der Waals surface area contributed by atoms with Gasteiger partial charge in [0.05, 0.1) is 11.7 Å². The molecule has 2 atom stereocenters. The predicted molar refractivity (Wildman–Crippen MR) is 74.5 cm³/mol. The van der Waals surface area contributed by atoms with Crippen LogP contribution in [-0.4, -0.2) is 32.7 Å². The lowest BCUT2D eigenvalue weighted by atomic mass is 10.00. The highest BCUT2D eigenvalue weighted by molar-refractivity contribution is 5.77. The number of aryl methyl sites for hydroxylation is 1. The van der Waals surface area contributed by atoms with Crippen LogP contribution in [0.2, 0.25) is 0 Å². The van der Waals surface area contributed by atoms with Crippen molar-refractivity contribution in [1.82, 2.24) is 14.7 Å². The predicted octanol–water partition coefficient (Wildman–Crippen LogP) is 1.69. The Balaban J connectivity index is 2.43. The lowest BCUT2D eigenvalue weighted by Crippen LogP contribution is -2.46. The van der Waals surface area contributed by atoms with Crippen LogP contribution in [0.25, 0.3) is 0 Å². The van der Waals surface area contributed by atoms with E-state index in [4.69, 9.17) is 5.73 Å². The molecule has 106 valence electrons. The number of likely N-dealkylation sites (tertiary alicyclic amines) is 1. The minimum atomic E-state index is -0.0579. The van der Waals surface area contributed by atoms with Crippen molar-refractivity contribution < 1.29 is 4.79 Å². The number of carbonyl (C=O) groups excluding carboxylic acids is 1. The first kappa shape index (κ1) is 14.1. The lowest BCUT2D eigenvalue weighted by molar-refractivity contribution is -0.135. The van der Waals surface area contributed by atoms with E-state index in [0.29, 0.717) is 6.42 Å². The third kappa shape index (κ3) is 2.66. The molecule has 0 bridgehead atoms. The molecule has 2 unspecified atom stereocenters. The van der Waals surface area contributed by atoms with Gasteiger partial charge in [0, 0.05) is 31.2 Å². The molecule has 5 heteroatoms. The first-order chi connectivity index (χ1) is 9.06. The van der Waals surface area contributed by atoms with Crippen LogP contribution in [0.15, 0.2) is 12.3 Å². The van der Waals surface area contributed by atoms with Gasteiger partial charge in [0.15, 0.2) is 0 Å². The van der Waals surface area contributed by atoms with Crippen molar-refractivity contribution in [2.24, 2.45) is 5.73 Å². The monoisotopic (exact) mass is 264 g/mol. The molecule has 19 heavy (non-hydrogen) atoms. The Bertz CT molecular complexity index is 440. The van der Waals surface area contributed by atoms with E-state index >= 15 is 0 Å². The van der Waals surface area contributed by atoms with E-state index < -0.39 is 0 Å². The van der Waals surface area contributed by atoms with E-state index in [9.17, 15) is 4.79 Å². The number of rotatable bonds is 3. The molecule has 0 aromatic carbocycles. The molecule has 2 rings (SSSR count). The van der Waals surface area contributed by atoms with Gasteiger partial charge in [-0.15, -0.1) is 0 Å². The number of carbonyl (C=O) groups is 1. The molecule has 1 saturated heterocycles. The Labute approximate surface area is 114 Å². The number of aromatic nitrogens is 2. The van der Waals surface area contributed by atoms with E-state index in [1.54, 1.807) is 6.20 Å². The van der Waals surface area contributed by atoms with E-state index in [2.05, 4.69) is 25.9 Å². The van der Waals surface area contributed by atoms with Gasteiger partial charge >= 0.3 is 0 Å². The Hall–Kier alpha value is -1.36. The second kappa shape index (κ2) is 5.74. The summed E-state index contributed by atoms with van der Waals surface area (Å²) >= 11 is 0. The van der Waals surface area contributed by atoms with Gasteiger partial charge in [0.2, 0.25) is 5.91 Å². The molecule has 0 spiro atoms. The molecular formula is C14H24N4O. The van der Waals surface area contributed by atoms with Crippen molar-refractivity contribution in [1.29, 1.82) is 0 Å². The maximum atomic E-state index is 12.3. The number of hydrogen-bond acceptors (Lipinski definition) is 3. The van der Waals surface area contributed by atoms with Gasteiger partial charge in [-0.1, -0.05) is 0 Å². The number of amides is 1. The van der Waals surface area contributed by atoms with Crippen molar-refractivity contribution >= 4 is 5.91 Å². The summed E-state index contributed by atoms with van der Waals surface area (Å²) in [6.45, 7) is 6.96. The molecule has 1 aliphatic heterocycles. The summed E-state index contributed by atoms with van der Waals surface area (Å²) in [5.41, 5.74) is 7.40. The van der Waals surface area contributed by atoms with Gasteiger partial charge < -0.3 is 10.6 Å². The third-order valence-electron chi connectivity index (χ3n) is 3.83. The average Bonchev–Trinajstić information content (AvgIpc) is 2.76. The summed E-state index contributed by atoms with van der Waals surface area (Å²) in [5.74, 6) is 0.205. The van der Waals surface area contributed by atoms with Crippen LogP contribution >= 0.6 is 0 Å². The molecular weight excluding hydrogens is 240 g/mol. The van der Waals surface area contributed by atoms with Crippen molar-refractivity contribution in [3.05, 3.63) is 18.0 Å². The highest BCUT2D eigenvalue weighted by atomic mass is 16.2. The van der Waals surface area contributed by atoms with Crippen LogP contribution in [0.5, 0.6) is 0 Å². The summed E-state index contributed by atoms with van der Waals surface area (Å²) in [4.78, 5) is 14.3. The third-order valence-corrected chi connectivity index (χ3v) is 3.83. The van der Waals surface area contributed by atoms with Crippen LogP contribution in [0.4, 0.5) is 0 Å². The van der Waals surface area contributed by atoms with Crippen molar-refractivity contribution in [2.75, 3.05) is 0 Å². The van der Waals surface area contributed by atoms with Gasteiger partial charge in [-0.25, -0.2) is 0 Å².